The standard InChI is InChI=1S/C11H16N2O7S/c1-11(15,7-14)6-12-21(18,19)10-4-3-8(13(16)17)5-9(10)20-2/h3-5,12,14-15H,6-7H2,1-2H3. The van der Waals surface area contributed by atoms with Crippen LogP contribution < -0.4 is 9.46 Å². The van der Waals surface area contributed by atoms with Crippen molar-refractivity contribution in [1.29, 1.82) is 0 Å². The van der Waals surface area contributed by atoms with Crippen LogP contribution >= 0.6 is 0 Å². The smallest absolute Gasteiger partial charge is 0.273 e. The molecular formula is C11H16N2O7S. The van der Waals surface area contributed by atoms with Gasteiger partial charge in [0.15, 0.2) is 0 Å². The van der Waals surface area contributed by atoms with Gasteiger partial charge in [0.2, 0.25) is 10.0 Å². The quantitative estimate of drug-likeness (QED) is 0.460. The van der Waals surface area contributed by atoms with Gasteiger partial charge in [0, 0.05) is 12.6 Å². The maximum absolute atomic E-state index is 12.1. The molecule has 0 amide bonds. The Kier molecular flexibility index (Phi) is 5.23. The summed E-state index contributed by atoms with van der Waals surface area (Å²) in [7, 11) is -2.87. The molecule has 0 heterocycles. The van der Waals surface area contributed by atoms with Crippen LogP contribution in [0.3, 0.4) is 0 Å². The molecule has 0 aromatic heterocycles. The summed E-state index contributed by atoms with van der Waals surface area (Å²) in [5, 5.41) is 29.1. The summed E-state index contributed by atoms with van der Waals surface area (Å²) in [6, 6.07) is 3.05. The molecule has 9 nitrogen and oxygen atoms in total. The fourth-order valence-electron chi connectivity index (χ4n) is 1.38. The maximum atomic E-state index is 12.1. The van der Waals surface area contributed by atoms with Gasteiger partial charge in [-0.1, -0.05) is 0 Å². The molecule has 0 fully saturated rings. The Bertz CT molecular complexity index is 627. The highest BCUT2D eigenvalue weighted by Gasteiger charge is 2.26. The number of hydrogen-bond donors (Lipinski definition) is 3. The van der Waals surface area contributed by atoms with E-state index in [1.54, 1.807) is 0 Å². The van der Waals surface area contributed by atoms with E-state index < -0.39 is 33.7 Å². The number of rotatable bonds is 7. The molecule has 0 aliphatic heterocycles. The summed E-state index contributed by atoms with van der Waals surface area (Å²) in [5.41, 5.74) is -1.94. The second-order valence-corrected chi connectivity index (χ2v) is 6.31. The number of benzene rings is 1. The minimum absolute atomic E-state index is 0.194. The molecule has 1 rings (SSSR count). The highest BCUT2D eigenvalue weighted by atomic mass is 32.2. The molecule has 3 N–H and O–H groups in total. The summed E-state index contributed by atoms with van der Waals surface area (Å²) >= 11 is 0. The normalized spacial score (nSPS) is 14.5. The van der Waals surface area contributed by atoms with Crippen molar-refractivity contribution in [1.82, 2.24) is 4.72 Å². The number of sulfonamides is 1. The molecule has 1 unspecified atom stereocenters. The molecule has 0 radical (unpaired) electrons. The van der Waals surface area contributed by atoms with Crippen LogP contribution in [0.5, 0.6) is 5.75 Å². The summed E-state index contributed by atoms with van der Waals surface area (Å²) in [6.45, 7) is 0.196. The first-order valence-corrected chi connectivity index (χ1v) is 7.26. The third kappa shape index (κ3) is 4.36. The Balaban J connectivity index is 3.11. The van der Waals surface area contributed by atoms with Gasteiger partial charge in [0.1, 0.15) is 10.6 Å². The maximum Gasteiger partial charge on any atom is 0.273 e. The van der Waals surface area contributed by atoms with E-state index in [4.69, 9.17) is 9.84 Å². The predicted molar refractivity (Wildman–Crippen MR) is 72.5 cm³/mol. The Labute approximate surface area is 121 Å². The van der Waals surface area contributed by atoms with Crippen molar-refractivity contribution in [2.24, 2.45) is 0 Å². The van der Waals surface area contributed by atoms with Crippen molar-refractivity contribution in [2.75, 3.05) is 20.3 Å². The molecule has 0 bridgehead atoms. The molecule has 118 valence electrons. The van der Waals surface area contributed by atoms with Crippen molar-refractivity contribution in [2.45, 2.75) is 17.4 Å². The predicted octanol–water partition coefficient (Wildman–Crippen LogP) is -0.375. The Hall–Kier alpha value is -1.75. The van der Waals surface area contributed by atoms with Crippen LogP contribution in [0.15, 0.2) is 23.1 Å². The number of nitro groups is 1. The topological polar surface area (TPSA) is 139 Å². The third-order valence-electron chi connectivity index (χ3n) is 2.63. The van der Waals surface area contributed by atoms with E-state index in [0.717, 1.165) is 18.2 Å². The zero-order valence-corrected chi connectivity index (χ0v) is 12.3. The Morgan fingerprint density at radius 3 is 2.57 bits per heavy atom. The van der Waals surface area contributed by atoms with Crippen LogP contribution in [-0.2, 0) is 10.0 Å². The summed E-state index contributed by atoms with van der Waals surface area (Å²) in [5.74, 6) is -0.194. The number of nitro benzene ring substituents is 1. The van der Waals surface area contributed by atoms with E-state index in [1.807, 2.05) is 0 Å². The van der Waals surface area contributed by atoms with Crippen molar-refractivity contribution >= 4 is 15.7 Å². The average molecular weight is 320 g/mol. The molecular weight excluding hydrogens is 304 g/mol. The molecule has 0 aliphatic carbocycles. The fraction of sp³-hybridized carbons (Fsp3) is 0.455. The number of hydrogen-bond acceptors (Lipinski definition) is 7. The van der Waals surface area contributed by atoms with E-state index >= 15 is 0 Å². The molecule has 21 heavy (non-hydrogen) atoms. The van der Waals surface area contributed by atoms with Crippen LogP contribution in [0.25, 0.3) is 0 Å². The van der Waals surface area contributed by atoms with Gasteiger partial charge in [0.25, 0.3) is 5.69 Å². The van der Waals surface area contributed by atoms with Gasteiger partial charge in [-0.05, 0) is 13.0 Å². The average Bonchev–Trinajstić information content (AvgIpc) is 2.44. The van der Waals surface area contributed by atoms with Gasteiger partial charge in [-0.3, -0.25) is 10.1 Å². The lowest BCUT2D eigenvalue weighted by Crippen LogP contribution is -2.43. The molecule has 1 aromatic rings. The minimum Gasteiger partial charge on any atom is -0.495 e. The van der Waals surface area contributed by atoms with E-state index in [2.05, 4.69) is 4.72 Å². The number of aliphatic hydroxyl groups excluding tert-OH is 1. The SMILES string of the molecule is COc1cc([N+](=O)[O-])ccc1S(=O)(=O)NCC(C)(O)CO. The van der Waals surface area contributed by atoms with Crippen LogP contribution in [-0.4, -0.2) is 49.4 Å². The van der Waals surface area contributed by atoms with E-state index in [1.165, 1.54) is 14.0 Å². The van der Waals surface area contributed by atoms with Gasteiger partial charge in [-0.2, -0.15) is 0 Å². The van der Waals surface area contributed by atoms with Crippen LogP contribution in [0.2, 0.25) is 0 Å². The number of nitrogens with zero attached hydrogens (tertiary/aromatic N) is 1. The molecule has 1 aromatic carbocycles. The number of nitrogens with one attached hydrogen (secondary N) is 1. The second-order valence-electron chi connectivity index (χ2n) is 4.57. The number of methoxy groups -OCH3 is 1. The second kappa shape index (κ2) is 6.35. The highest BCUT2D eigenvalue weighted by Crippen LogP contribution is 2.28. The van der Waals surface area contributed by atoms with Crippen molar-refractivity contribution in [3.8, 4) is 5.75 Å². The van der Waals surface area contributed by atoms with E-state index in [0.29, 0.717) is 0 Å². The first kappa shape index (κ1) is 17.3. The van der Waals surface area contributed by atoms with Crippen molar-refractivity contribution in [3.63, 3.8) is 0 Å². The van der Waals surface area contributed by atoms with Crippen LogP contribution in [0.4, 0.5) is 5.69 Å². The number of non-ortho nitro benzene ring substituents is 1. The van der Waals surface area contributed by atoms with Crippen molar-refractivity contribution in [3.05, 3.63) is 28.3 Å². The monoisotopic (exact) mass is 320 g/mol. The number of ether oxygens (including phenoxy) is 1. The zero-order valence-electron chi connectivity index (χ0n) is 11.4. The first-order valence-electron chi connectivity index (χ1n) is 5.78. The molecule has 1 atom stereocenters. The zero-order chi connectivity index (χ0) is 16.3. The third-order valence-corrected chi connectivity index (χ3v) is 4.07. The summed E-state index contributed by atoms with van der Waals surface area (Å²) in [6.07, 6.45) is 0. The lowest BCUT2D eigenvalue weighted by Gasteiger charge is -2.20. The van der Waals surface area contributed by atoms with Gasteiger partial charge in [0.05, 0.1) is 30.3 Å². The lowest BCUT2D eigenvalue weighted by atomic mass is 10.1. The summed E-state index contributed by atoms with van der Waals surface area (Å²) in [4.78, 5) is 9.67. The Morgan fingerprint density at radius 1 is 1.48 bits per heavy atom. The van der Waals surface area contributed by atoms with Crippen molar-refractivity contribution < 1.29 is 28.3 Å². The van der Waals surface area contributed by atoms with E-state index in [-0.39, 0.29) is 16.3 Å². The van der Waals surface area contributed by atoms with Gasteiger partial charge < -0.3 is 14.9 Å². The minimum atomic E-state index is -4.06. The van der Waals surface area contributed by atoms with Crippen LogP contribution in [0, 0.1) is 10.1 Å². The highest BCUT2D eigenvalue weighted by molar-refractivity contribution is 7.89. The van der Waals surface area contributed by atoms with Gasteiger partial charge in [-0.25, -0.2) is 13.1 Å². The molecule has 0 saturated heterocycles. The Morgan fingerprint density at radius 2 is 2.10 bits per heavy atom. The molecule has 0 saturated carbocycles. The molecule has 0 spiro atoms. The largest absolute Gasteiger partial charge is 0.495 e. The first-order chi connectivity index (χ1) is 9.63. The van der Waals surface area contributed by atoms with Crippen LogP contribution in [0.1, 0.15) is 6.92 Å². The number of aliphatic hydroxyl groups is 2. The van der Waals surface area contributed by atoms with Gasteiger partial charge >= 0.3 is 0 Å². The fourth-order valence-corrected chi connectivity index (χ4v) is 2.69. The molecule has 0 aliphatic rings. The lowest BCUT2D eigenvalue weighted by molar-refractivity contribution is -0.385. The van der Waals surface area contributed by atoms with E-state index in [9.17, 15) is 23.6 Å². The van der Waals surface area contributed by atoms with Gasteiger partial charge in [-0.15, -0.1) is 0 Å². The summed E-state index contributed by atoms with van der Waals surface area (Å²) < 4.78 is 31.2. The molecule has 10 heteroatoms.